The van der Waals surface area contributed by atoms with E-state index in [1.165, 1.54) is 0 Å². The first kappa shape index (κ1) is 20.6. The molecule has 0 radical (unpaired) electrons. The molecule has 0 saturated heterocycles. The predicted octanol–water partition coefficient (Wildman–Crippen LogP) is 1.43. The summed E-state index contributed by atoms with van der Waals surface area (Å²) in [6.45, 7) is 0. The fourth-order valence-electron chi connectivity index (χ4n) is 1.99. The zero-order chi connectivity index (χ0) is 16.8. The van der Waals surface area contributed by atoms with Gasteiger partial charge < -0.3 is 16.3 Å². The van der Waals surface area contributed by atoms with Gasteiger partial charge in [0.05, 0.1) is 6.17 Å². The second-order valence-corrected chi connectivity index (χ2v) is 5.58. The van der Waals surface area contributed by atoms with Crippen LogP contribution >= 0.6 is 0 Å². The Morgan fingerprint density at radius 1 is 0.727 bits per heavy atom. The first-order chi connectivity index (χ1) is 10.5. The molecule has 6 heteroatoms. The Bertz CT molecular complexity index is 367. The summed E-state index contributed by atoms with van der Waals surface area (Å²) >= 11 is 0. The molecule has 0 fully saturated rings. The molecule has 0 atom stereocenters. The van der Waals surface area contributed by atoms with Crippen LogP contribution in [0.3, 0.4) is 0 Å². The van der Waals surface area contributed by atoms with Crippen molar-refractivity contribution in [3.63, 3.8) is 0 Å². The maximum atomic E-state index is 11.6. The van der Waals surface area contributed by atoms with Gasteiger partial charge in [0.2, 0.25) is 0 Å². The minimum atomic E-state index is -0.496. The van der Waals surface area contributed by atoms with Gasteiger partial charge in [-0.05, 0) is 19.3 Å². The molecular formula is C16H28N2O4. The van der Waals surface area contributed by atoms with Crippen LogP contribution in [0.15, 0.2) is 0 Å². The number of Topliss-reactive ketones (excluding diaryl/α,β-unsaturated/α-hetero) is 3. The van der Waals surface area contributed by atoms with Crippen molar-refractivity contribution in [2.24, 2.45) is 11.5 Å². The summed E-state index contributed by atoms with van der Waals surface area (Å²) in [6, 6.07) is 0. The van der Waals surface area contributed by atoms with Gasteiger partial charge in [-0.3, -0.25) is 14.4 Å². The first-order valence-corrected chi connectivity index (χ1v) is 7.95. The van der Waals surface area contributed by atoms with Crippen molar-refractivity contribution in [3.8, 4) is 0 Å². The van der Waals surface area contributed by atoms with E-state index in [1.807, 2.05) is 0 Å². The first-order valence-electron chi connectivity index (χ1n) is 7.95. The van der Waals surface area contributed by atoms with Crippen LogP contribution in [0.25, 0.3) is 0 Å². The number of nitrogens with two attached hydrogens (primary N) is 2. The molecule has 0 aliphatic carbocycles. The maximum Gasteiger partial charge on any atom is 0.133 e. The molecule has 0 aromatic carbocycles. The number of ketones is 3. The normalized spacial score (nSPS) is 10.7. The zero-order valence-electron chi connectivity index (χ0n) is 13.2. The molecular weight excluding hydrogens is 284 g/mol. The fourth-order valence-corrected chi connectivity index (χ4v) is 1.99. The number of carbonyl (C=O) groups excluding carboxylic acids is 4. The van der Waals surface area contributed by atoms with Crippen LogP contribution in [0.5, 0.6) is 0 Å². The molecule has 126 valence electrons. The number of carbonyl (C=O) groups is 4. The Hall–Kier alpha value is -1.40. The van der Waals surface area contributed by atoms with E-state index < -0.39 is 6.17 Å². The third-order valence-electron chi connectivity index (χ3n) is 3.40. The van der Waals surface area contributed by atoms with E-state index >= 15 is 0 Å². The largest absolute Gasteiger partial charge is 0.316 e. The number of hydrogen-bond donors (Lipinski definition) is 2. The standard InChI is InChI=1S/C16H28N2O4/c17-16(18)11-10-15(22)9-8-14(21)7-6-13(20)5-3-1-2-4-12-19/h12,16H,1-11,17-18H2. The van der Waals surface area contributed by atoms with Crippen LogP contribution in [0.1, 0.15) is 70.6 Å². The van der Waals surface area contributed by atoms with Crippen molar-refractivity contribution in [1.29, 1.82) is 0 Å². The van der Waals surface area contributed by atoms with Gasteiger partial charge in [0.15, 0.2) is 0 Å². The summed E-state index contributed by atoms with van der Waals surface area (Å²) in [6.07, 6.45) is 5.36. The van der Waals surface area contributed by atoms with Crippen LogP contribution < -0.4 is 11.5 Å². The Balaban J connectivity index is 3.61. The van der Waals surface area contributed by atoms with E-state index in [1.54, 1.807) is 0 Å². The summed E-state index contributed by atoms with van der Waals surface area (Å²) in [5, 5.41) is 0. The Labute approximate surface area is 132 Å². The van der Waals surface area contributed by atoms with Crippen LogP contribution in [0.2, 0.25) is 0 Å². The van der Waals surface area contributed by atoms with Crippen molar-refractivity contribution in [2.75, 3.05) is 0 Å². The van der Waals surface area contributed by atoms with Crippen LogP contribution in [0, 0.1) is 0 Å². The zero-order valence-corrected chi connectivity index (χ0v) is 13.2. The number of unbranched alkanes of at least 4 members (excludes halogenated alkanes) is 3. The van der Waals surface area contributed by atoms with Gasteiger partial charge in [-0.15, -0.1) is 0 Å². The summed E-state index contributed by atoms with van der Waals surface area (Å²) in [4.78, 5) is 44.8. The Morgan fingerprint density at radius 3 is 1.73 bits per heavy atom. The van der Waals surface area contributed by atoms with E-state index in [0.717, 1.165) is 25.5 Å². The van der Waals surface area contributed by atoms with Gasteiger partial charge in [-0.1, -0.05) is 6.42 Å². The topological polar surface area (TPSA) is 120 Å². The molecule has 0 saturated carbocycles. The van der Waals surface area contributed by atoms with Crippen molar-refractivity contribution in [3.05, 3.63) is 0 Å². The van der Waals surface area contributed by atoms with Gasteiger partial charge in [-0.2, -0.15) is 0 Å². The minimum Gasteiger partial charge on any atom is -0.316 e. The Morgan fingerprint density at radius 2 is 1.23 bits per heavy atom. The number of rotatable bonds is 15. The van der Waals surface area contributed by atoms with Crippen molar-refractivity contribution < 1.29 is 19.2 Å². The van der Waals surface area contributed by atoms with E-state index in [2.05, 4.69) is 0 Å². The molecule has 0 bridgehead atoms. The fraction of sp³-hybridized carbons (Fsp3) is 0.750. The highest BCUT2D eigenvalue weighted by Gasteiger charge is 2.10. The molecule has 0 aromatic rings. The van der Waals surface area contributed by atoms with Crippen molar-refractivity contribution in [1.82, 2.24) is 0 Å². The lowest BCUT2D eigenvalue weighted by molar-refractivity contribution is -0.126. The molecule has 0 aliphatic heterocycles. The summed E-state index contributed by atoms with van der Waals surface area (Å²) in [5.74, 6) is -0.00431. The molecule has 0 amide bonds. The van der Waals surface area contributed by atoms with Gasteiger partial charge in [0.1, 0.15) is 23.6 Å². The van der Waals surface area contributed by atoms with Gasteiger partial charge >= 0.3 is 0 Å². The van der Waals surface area contributed by atoms with E-state index in [-0.39, 0.29) is 43.0 Å². The molecule has 0 heterocycles. The van der Waals surface area contributed by atoms with E-state index in [9.17, 15) is 19.2 Å². The highest BCUT2D eigenvalue weighted by atomic mass is 16.1. The highest BCUT2D eigenvalue weighted by molar-refractivity contribution is 5.89. The van der Waals surface area contributed by atoms with Crippen molar-refractivity contribution >= 4 is 23.6 Å². The summed E-state index contributed by atoms with van der Waals surface area (Å²) in [5.41, 5.74) is 10.7. The third-order valence-corrected chi connectivity index (χ3v) is 3.40. The number of aldehydes is 1. The van der Waals surface area contributed by atoms with Crippen LogP contribution in [-0.4, -0.2) is 29.8 Å². The molecule has 0 unspecified atom stereocenters. The SMILES string of the molecule is NC(N)CCC(=O)CCC(=O)CCC(=O)CCCCCC=O. The molecule has 0 rings (SSSR count). The lowest BCUT2D eigenvalue weighted by Crippen LogP contribution is -2.30. The van der Waals surface area contributed by atoms with Gasteiger partial charge in [-0.25, -0.2) is 0 Å². The molecule has 6 nitrogen and oxygen atoms in total. The smallest absolute Gasteiger partial charge is 0.133 e. The summed E-state index contributed by atoms with van der Waals surface area (Å²) < 4.78 is 0. The molecule has 22 heavy (non-hydrogen) atoms. The number of hydrogen-bond acceptors (Lipinski definition) is 6. The van der Waals surface area contributed by atoms with E-state index in [4.69, 9.17) is 11.5 Å². The molecule has 4 N–H and O–H groups in total. The highest BCUT2D eigenvalue weighted by Crippen LogP contribution is 2.08. The van der Waals surface area contributed by atoms with Gasteiger partial charge in [0.25, 0.3) is 0 Å². The van der Waals surface area contributed by atoms with Crippen LogP contribution in [-0.2, 0) is 19.2 Å². The predicted molar refractivity (Wildman–Crippen MR) is 84.0 cm³/mol. The maximum absolute atomic E-state index is 11.6. The Kier molecular flexibility index (Phi) is 12.4. The van der Waals surface area contributed by atoms with Crippen molar-refractivity contribution in [2.45, 2.75) is 76.8 Å². The second kappa shape index (κ2) is 13.3. The molecule has 0 aromatic heterocycles. The van der Waals surface area contributed by atoms with E-state index in [0.29, 0.717) is 25.7 Å². The lowest BCUT2D eigenvalue weighted by atomic mass is 10.0. The second-order valence-electron chi connectivity index (χ2n) is 5.58. The summed E-state index contributed by atoms with van der Waals surface area (Å²) in [7, 11) is 0. The molecule has 0 aliphatic rings. The molecule has 0 spiro atoms. The van der Waals surface area contributed by atoms with Gasteiger partial charge in [0, 0.05) is 44.9 Å². The monoisotopic (exact) mass is 312 g/mol. The quantitative estimate of drug-likeness (QED) is 0.268. The lowest BCUT2D eigenvalue weighted by Gasteiger charge is -2.04. The minimum absolute atomic E-state index is 0.0178. The average molecular weight is 312 g/mol. The third kappa shape index (κ3) is 13.6. The average Bonchev–Trinajstić information content (AvgIpc) is 2.48. The van der Waals surface area contributed by atoms with Crippen LogP contribution in [0.4, 0.5) is 0 Å².